The molecule has 1 nitrogen and oxygen atoms in total. The Balaban J connectivity index is 2.42. The third kappa shape index (κ3) is 4.78. The van der Waals surface area contributed by atoms with Crippen LogP contribution in [-0.4, -0.2) is 24.1 Å². The summed E-state index contributed by atoms with van der Waals surface area (Å²) in [5.41, 5.74) is 0.797. The van der Waals surface area contributed by atoms with Crippen molar-refractivity contribution in [3.05, 3.63) is 0 Å². The second-order valence-electron chi connectivity index (χ2n) is 6.27. The van der Waals surface area contributed by atoms with Crippen LogP contribution in [0.5, 0.6) is 0 Å². The molecule has 1 rings (SSSR count). The summed E-state index contributed by atoms with van der Waals surface area (Å²) in [4.78, 5) is 0. The lowest BCUT2D eigenvalue weighted by Gasteiger charge is -2.34. The predicted octanol–water partition coefficient (Wildman–Crippen LogP) is 3.54. The van der Waals surface area contributed by atoms with Gasteiger partial charge in [-0.15, -0.1) is 0 Å². The van der Waals surface area contributed by atoms with Crippen LogP contribution in [-0.2, 0) is 0 Å². The number of nitrogens with one attached hydrogen (secondary N) is 1. The van der Waals surface area contributed by atoms with Crippen molar-refractivity contribution >= 4 is 11.8 Å². The molecule has 0 aromatic carbocycles. The van der Waals surface area contributed by atoms with E-state index in [0.717, 1.165) is 5.92 Å². The molecule has 0 bridgehead atoms. The second-order valence-corrected chi connectivity index (χ2v) is 7.26. The van der Waals surface area contributed by atoms with Gasteiger partial charge in [-0.3, -0.25) is 0 Å². The second kappa shape index (κ2) is 5.09. The minimum absolute atomic E-state index is 0.259. The van der Waals surface area contributed by atoms with Gasteiger partial charge in [-0.05, 0) is 63.4 Å². The van der Waals surface area contributed by atoms with E-state index in [0.29, 0.717) is 5.41 Å². The fraction of sp³-hybridized carbons (Fsp3) is 1.00. The molecule has 1 fully saturated rings. The van der Waals surface area contributed by atoms with Gasteiger partial charge in [-0.25, -0.2) is 0 Å². The van der Waals surface area contributed by atoms with E-state index in [1.807, 2.05) is 11.8 Å². The van der Waals surface area contributed by atoms with Crippen molar-refractivity contribution in [1.29, 1.82) is 0 Å². The van der Waals surface area contributed by atoms with Crippen LogP contribution < -0.4 is 5.32 Å². The molecule has 2 heteroatoms. The molecule has 0 aromatic rings. The molecule has 1 aliphatic rings. The first-order valence-electron chi connectivity index (χ1n) is 6.11. The van der Waals surface area contributed by atoms with E-state index < -0.39 is 0 Å². The van der Waals surface area contributed by atoms with Crippen molar-refractivity contribution in [3.63, 3.8) is 0 Å². The molecule has 1 N–H and O–H groups in total. The maximum atomic E-state index is 3.68. The van der Waals surface area contributed by atoms with Crippen LogP contribution in [0.2, 0.25) is 0 Å². The molecule has 90 valence electrons. The van der Waals surface area contributed by atoms with E-state index in [9.17, 15) is 0 Å². The molecule has 0 amide bonds. The fourth-order valence-corrected chi connectivity index (χ4v) is 2.69. The quantitative estimate of drug-likeness (QED) is 0.747. The van der Waals surface area contributed by atoms with Crippen LogP contribution in [0.15, 0.2) is 0 Å². The van der Waals surface area contributed by atoms with Gasteiger partial charge in [0.1, 0.15) is 0 Å². The highest BCUT2D eigenvalue weighted by Crippen LogP contribution is 2.47. The summed E-state index contributed by atoms with van der Waals surface area (Å²) in [5.74, 6) is 2.29. The third-order valence-corrected chi connectivity index (χ3v) is 4.08. The molecule has 0 heterocycles. The van der Waals surface area contributed by atoms with Crippen molar-refractivity contribution in [2.45, 2.75) is 52.5 Å². The van der Waals surface area contributed by atoms with Crippen molar-refractivity contribution in [2.75, 3.05) is 18.6 Å². The number of rotatable bonds is 6. The van der Waals surface area contributed by atoms with Crippen LogP contribution in [0.4, 0.5) is 0 Å². The summed E-state index contributed by atoms with van der Waals surface area (Å²) < 4.78 is 0. The molecule has 0 radical (unpaired) electrons. The Morgan fingerprint density at radius 3 is 2.20 bits per heavy atom. The van der Waals surface area contributed by atoms with Gasteiger partial charge in [0.05, 0.1) is 0 Å². The Morgan fingerprint density at radius 2 is 1.80 bits per heavy atom. The Morgan fingerprint density at radius 1 is 1.20 bits per heavy atom. The summed E-state index contributed by atoms with van der Waals surface area (Å²) in [6, 6.07) is 0. The molecule has 0 aromatic heterocycles. The minimum atomic E-state index is 0.259. The lowest BCUT2D eigenvalue weighted by Crippen LogP contribution is -2.44. The SMILES string of the molecule is CSCCC(C)(CNC(C)(C)C)C1CC1. The Bertz CT molecular complexity index is 193. The zero-order valence-corrected chi connectivity index (χ0v) is 11.8. The summed E-state index contributed by atoms with van der Waals surface area (Å²) in [6.45, 7) is 10.4. The van der Waals surface area contributed by atoms with Gasteiger partial charge in [0.25, 0.3) is 0 Å². The highest BCUT2D eigenvalue weighted by atomic mass is 32.2. The molecule has 0 spiro atoms. The molecule has 1 aliphatic carbocycles. The molecule has 0 aliphatic heterocycles. The summed E-state index contributed by atoms with van der Waals surface area (Å²) in [5, 5.41) is 3.68. The lowest BCUT2D eigenvalue weighted by atomic mass is 9.81. The van der Waals surface area contributed by atoms with Crippen LogP contribution in [0.1, 0.15) is 47.0 Å². The van der Waals surface area contributed by atoms with Gasteiger partial charge in [0.2, 0.25) is 0 Å². The number of hydrogen-bond donors (Lipinski definition) is 1. The monoisotopic (exact) mass is 229 g/mol. The molecule has 1 unspecified atom stereocenters. The van der Waals surface area contributed by atoms with Gasteiger partial charge >= 0.3 is 0 Å². The smallest absolute Gasteiger partial charge is 0.00967 e. The third-order valence-electron chi connectivity index (χ3n) is 3.46. The predicted molar refractivity (Wildman–Crippen MR) is 71.6 cm³/mol. The molecular weight excluding hydrogens is 202 g/mol. The molecule has 15 heavy (non-hydrogen) atoms. The summed E-state index contributed by atoms with van der Waals surface area (Å²) in [7, 11) is 0. The molecular formula is C13H27NS. The largest absolute Gasteiger partial charge is 0.312 e. The van der Waals surface area contributed by atoms with Gasteiger partial charge in [0.15, 0.2) is 0 Å². The minimum Gasteiger partial charge on any atom is -0.312 e. The number of thioether (sulfide) groups is 1. The average Bonchev–Trinajstić information content (AvgIpc) is 2.93. The summed E-state index contributed by atoms with van der Waals surface area (Å²) in [6.07, 6.45) is 6.49. The molecule has 1 saturated carbocycles. The van der Waals surface area contributed by atoms with Gasteiger partial charge in [-0.2, -0.15) is 11.8 Å². The highest BCUT2D eigenvalue weighted by Gasteiger charge is 2.41. The zero-order chi connectivity index (χ0) is 11.5. The zero-order valence-electron chi connectivity index (χ0n) is 11.0. The van der Waals surface area contributed by atoms with Crippen molar-refractivity contribution in [2.24, 2.45) is 11.3 Å². The van der Waals surface area contributed by atoms with Crippen molar-refractivity contribution in [3.8, 4) is 0 Å². The lowest BCUT2D eigenvalue weighted by molar-refractivity contribution is 0.223. The Hall–Kier alpha value is 0.310. The van der Waals surface area contributed by atoms with Crippen molar-refractivity contribution < 1.29 is 0 Å². The van der Waals surface area contributed by atoms with E-state index in [1.165, 1.54) is 31.6 Å². The van der Waals surface area contributed by atoms with Crippen molar-refractivity contribution in [1.82, 2.24) is 5.32 Å². The van der Waals surface area contributed by atoms with E-state index >= 15 is 0 Å². The fourth-order valence-electron chi connectivity index (χ4n) is 2.02. The summed E-state index contributed by atoms with van der Waals surface area (Å²) >= 11 is 1.98. The van der Waals surface area contributed by atoms with E-state index in [1.54, 1.807) is 0 Å². The maximum absolute atomic E-state index is 3.68. The standard InChI is InChI=1S/C13H27NS/c1-12(2,3)14-10-13(4,8-9-15-5)11-6-7-11/h11,14H,6-10H2,1-5H3. The van der Waals surface area contributed by atoms with Gasteiger partial charge < -0.3 is 5.32 Å². The first kappa shape index (κ1) is 13.4. The van der Waals surface area contributed by atoms with E-state index in [4.69, 9.17) is 0 Å². The first-order valence-corrected chi connectivity index (χ1v) is 7.51. The first-order chi connectivity index (χ1) is 6.87. The number of hydrogen-bond acceptors (Lipinski definition) is 2. The van der Waals surface area contributed by atoms with E-state index in [2.05, 4.69) is 39.3 Å². The average molecular weight is 229 g/mol. The van der Waals surface area contributed by atoms with Crippen LogP contribution in [0.3, 0.4) is 0 Å². The van der Waals surface area contributed by atoms with E-state index in [-0.39, 0.29) is 5.54 Å². The van der Waals surface area contributed by atoms with Crippen LogP contribution in [0, 0.1) is 11.3 Å². The molecule has 1 atom stereocenters. The Kier molecular flexibility index (Phi) is 4.54. The molecule has 0 saturated heterocycles. The normalized spacial score (nSPS) is 21.4. The van der Waals surface area contributed by atoms with Crippen LogP contribution in [0.25, 0.3) is 0 Å². The topological polar surface area (TPSA) is 12.0 Å². The van der Waals surface area contributed by atoms with Crippen LogP contribution >= 0.6 is 11.8 Å². The maximum Gasteiger partial charge on any atom is 0.00967 e. The van der Waals surface area contributed by atoms with Gasteiger partial charge in [-0.1, -0.05) is 6.92 Å². The Labute approximate surface area is 99.8 Å². The van der Waals surface area contributed by atoms with Gasteiger partial charge in [0, 0.05) is 12.1 Å². The highest BCUT2D eigenvalue weighted by molar-refractivity contribution is 7.98.